The van der Waals surface area contributed by atoms with Crippen LogP contribution in [0.5, 0.6) is 0 Å². The molecular weight excluding hydrogens is 318 g/mol. The molecule has 0 saturated carbocycles. The first-order chi connectivity index (χ1) is 11.5. The number of hydrogen-bond acceptors (Lipinski definition) is 8. The number of fused-ring (bicyclic) bond motifs is 1. The molecule has 0 aromatic carbocycles. The van der Waals surface area contributed by atoms with Crippen LogP contribution in [0.3, 0.4) is 0 Å². The van der Waals surface area contributed by atoms with Gasteiger partial charge >= 0.3 is 5.69 Å². The Kier molecular flexibility index (Phi) is 3.49. The van der Waals surface area contributed by atoms with Gasteiger partial charge in [0.2, 0.25) is 0 Å². The smallest absolute Gasteiger partial charge is 0.351 e. The Morgan fingerprint density at radius 3 is 2.79 bits per heavy atom. The fourth-order valence-electron chi connectivity index (χ4n) is 3.08. The van der Waals surface area contributed by atoms with Gasteiger partial charge in [0.05, 0.1) is 6.61 Å². The molecule has 10 nitrogen and oxygen atoms in total. The van der Waals surface area contributed by atoms with Gasteiger partial charge < -0.3 is 19.3 Å². The van der Waals surface area contributed by atoms with Gasteiger partial charge in [0.15, 0.2) is 17.8 Å². The molecule has 2 aromatic heterocycles. The molecule has 4 rings (SSSR count). The lowest BCUT2D eigenvalue weighted by molar-refractivity contribution is -0.200. The van der Waals surface area contributed by atoms with E-state index >= 15 is 0 Å². The van der Waals surface area contributed by atoms with Crippen LogP contribution >= 0.6 is 0 Å². The monoisotopic (exact) mass is 335 g/mol. The standard InChI is InChI=1S/C14H17N5O5/c1-14(2)23-10-8(5-20)22-12(11(10)24-14)18-4-3-9(17-13(18)21)19-7-15-6-16-19/h3-4,6-8,10-12,20H,5H2,1-2H3/t8-,10-,11-,12-/m1/s1. The van der Waals surface area contributed by atoms with Gasteiger partial charge in [-0.3, -0.25) is 4.57 Å². The molecule has 2 fully saturated rings. The first kappa shape index (κ1) is 15.4. The van der Waals surface area contributed by atoms with Crippen molar-refractivity contribution in [2.75, 3.05) is 6.61 Å². The first-order valence-corrected chi connectivity index (χ1v) is 7.55. The molecular formula is C14H17N5O5. The molecule has 1 N–H and O–H groups in total. The molecule has 4 atom stereocenters. The number of hydrogen-bond donors (Lipinski definition) is 1. The van der Waals surface area contributed by atoms with Crippen LogP contribution < -0.4 is 5.69 Å². The zero-order valence-electron chi connectivity index (χ0n) is 13.1. The summed E-state index contributed by atoms with van der Waals surface area (Å²) < 4.78 is 20.1. The number of nitrogens with zero attached hydrogens (tertiary/aromatic N) is 5. The van der Waals surface area contributed by atoms with Gasteiger partial charge in [0, 0.05) is 6.20 Å². The Bertz CT molecular complexity index is 789. The summed E-state index contributed by atoms with van der Waals surface area (Å²) in [5.74, 6) is -0.450. The molecule has 0 amide bonds. The van der Waals surface area contributed by atoms with Gasteiger partial charge in [-0.2, -0.15) is 10.1 Å². The van der Waals surface area contributed by atoms with Crippen molar-refractivity contribution in [1.82, 2.24) is 24.3 Å². The van der Waals surface area contributed by atoms with Gasteiger partial charge in [0.25, 0.3) is 0 Å². The molecule has 0 bridgehead atoms. The summed E-state index contributed by atoms with van der Waals surface area (Å²) in [6, 6.07) is 1.63. The molecule has 128 valence electrons. The van der Waals surface area contributed by atoms with E-state index in [-0.39, 0.29) is 6.61 Å². The van der Waals surface area contributed by atoms with Crippen molar-refractivity contribution in [2.24, 2.45) is 0 Å². The van der Waals surface area contributed by atoms with E-state index in [1.165, 1.54) is 21.9 Å². The lowest BCUT2D eigenvalue weighted by atomic mass is 10.1. The summed E-state index contributed by atoms with van der Waals surface area (Å²) in [4.78, 5) is 20.2. The molecule has 0 aliphatic carbocycles. The van der Waals surface area contributed by atoms with Gasteiger partial charge in [-0.15, -0.1) is 0 Å². The van der Waals surface area contributed by atoms with Gasteiger partial charge in [-0.05, 0) is 19.9 Å². The quantitative estimate of drug-likeness (QED) is 0.778. The van der Waals surface area contributed by atoms with Crippen LogP contribution in [0.25, 0.3) is 5.82 Å². The highest BCUT2D eigenvalue weighted by Crippen LogP contribution is 2.42. The summed E-state index contributed by atoms with van der Waals surface area (Å²) in [5.41, 5.74) is -0.515. The van der Waals surface area contributed by atoms with E-state index in [0.717, 1.165) is 0 Å². The third-order valence-corrected chi connectivity index (χ3v) is 4.05. The van der Waals surface area contributed by atoms with Crippen LogP contribution in [0.2, 0.25) is 0 Å². The normalized spacial score (nSPS) is 31.3. The highest BCUT2D eigenvalue weighted by molar-refractivity contribution is 5.16. The summed E-state index contributed by atoms with van der Waals surface area (Å²) in [7, 11) is 0. The fraction of sp³-hybridized carbons (Fsp3) is 0.571. The van der Waals surface area contributed by atoms with E-state index in [1.54, 1.807) is 26.1 Å². The number of aliphatic hydroxyl groups excluding tert-OH is 1. The first-order valence-electron chi connectivity index (χ1n) is 7.55. The lowest BCUT2D eigenvalue weighted by Gasteiger charge is -2.24. The Morgan fingerprint density at radius 2 is 2.12 bits per heavy atom. The largest absolute Gasteiger partial charge is 0.394 e. The molecule has 0 spiro atoms. The van der Waals surface area contributed by atoms with Crippen molar-refractivity contribution in [3.05, 3.63) is 35.4 Å². The maximum Gasteiger partial charge on any atom is 0.351 e. The second kappa shape index (κ2) is 5.45. The minimum absolute atomic E-state index is 0.226. The van der Waals surface area contributed by atoms with Crippen molar-refractivity contribution < 1.29 is 19.3 Å². The van der Waals surface area contributed by atoms with E-state index < -0.39 is 36.0 Å². The molecule has 0 radical (unpaired) electrons. The molecule has 2 aromatic rings. The van der Waals surface area contributed by atoms with Crippen molar-refractivity contribution in [3.63, 3.8) is 0 Å². The molecule has 2 aliphatic rings. The number of aromatic nitrogens is 5. The number of aliphatic hydroxyl groups is 1. The number of ether oxygens (including phenoxy) is 3. The van der Waals surface area contributed by atoms with E-state index in [0.29, 0.717) is 5.82 Å². The Hall–Kier alpha value is -2.14. The third-order valence-electron chi connectivity index (χ3n) is 4.05. The van der Waals surface area contributed by atoms with Crippen LogP contribution in [0.1, 0.15) is 20.1 Å². The number of rotatable bonds is 3. The molecule has 10 heteroatoms. The van der Waals surface area contributed by atoms with Gasteiger partial charge in [-0.1, -0.05) is 0 Å². The van der Waals surface area contributed by atoms with Crippen LogP contribution in [-0.2, 0) is 14.2 Å². The Balaban J connectivity index is 1.67. The highest BCUT2D eigenvalue weighted by atomic mass is 16.8. The molecule has 24 heavy (non-hydrogen) atoms. The second-order valence-electron chi connectivity index (χ2n) is 6.13. The second-order valence-corrected chi connectivity index (χ2v) is 6.13. The van der Waals surface area contributed by atoms with E-state index in [9.17, 15) is 9.90 Å². The maximum atomic E-state index is 12.4. The Morgan fingerprint density at radius 1 is 1.33 bits per heavy atom. The van der Waals surface area contributed by atoms with Crippen molar-refractivity contribution in [2.45, 2.75) is 44.2 Å². The third kappa shape index (κ3) is 2.44. The van der Waals surface area contributed by atoms with Crippen LogP contribution in [0.15, 0.2) is 29.7 Å². The van der Waals surface area contributed by atoms with Gasteiger partial charge in [0.1, 0.15) is 31.0 Å². The lowest BCUT2D eigenvalue weighted by Crippen LogP contribution is -2.35. The topological polar surface area (TPSA) is 114 Å². The van der Waals surface area contributed by atoms with Crippen LogP contribution in [0, 0.1) is 0 Å². The highest BCUT2D eigenvalue weighted by Gasteiger charge is 2.55. The van der Waals surface area contributed by atoms with Gasteiger partial charge in [-0.25, -0.2) is 14.5 Å². The summed E-state index contributed by atoms with van der Waals surface area (Å²) >= 11 is 0. The summed E-state index contributed by atoms with van der Waals surface area (Å²) in [6.07, 6.45) is 2.12. The zero-order chi connectivity index (χ0) is 16.9. The summed E-state index contributed by atoms with van der Waals surface area (Å²) in [6.45, 7) is 3.34. The average Bonchev–Trinajstić information content (AvgIpc) is 3.22. The fourth-order valence-corrected chi connectivity index (χ4v) is 3.08. The predicted molar refractivity (Wildman–Crippen MR) is 78.2 cm³/mol. The van der Waals surface area contributed by atoms with E-state index in [2.05, 4.69) is 15.1 Å². The molecule has 2 aliphatic heterocycles. The SMILES string of the molecule is CC1(C)O[C@@H]2[C@H](O1)[C@@H](CO)O[C@H]2n1ccc(-n2cncn2)nc1=O. The predicted octanol–water partition coefficient (Wildman–Crippen LogP) is -0.766. The zero-order valence-corrected chi connectivity index (χ0v) is 13.1. The van der Waals surface area contributed by atoms with Crippen molar-refractivity contribution >= 4 is 0 Å². The summed E-state index contributed by atoms with van der Waals surface area (Å²) in [5, 5.41) is 13.4. The van der Waals surface area contributed by atoms with Crippen molar-refractivity contribution in [3.8, 4) is 5.82 Å². The van der Waals surface area contributed by atoms with E-state index in [1.807, 2.05) is 0 Å². The molecule has 0 unspecified atom stereocenters. The van der Waals surface area contributed by atoms with E-state index in [4.69, 9.17) is 14.2 Å². The average molecular weight is 335 g/mol. The van der Waals surface area contributed by atoms with Crippen LogP contribution in [-0.4, -0.2) is 60.1 Å². The molecule has 2 saturated heterocycles. The minimum atomic E-state index is -0.803. The Labute approximate surface area is 136 Å². The van der Waals surface area contributed by atoms with Crippen LogP contribution in [0.4, 0.5) is 0 Å². The maximum absolute atomic E-state index is 12.4. The van der Waals surface area contributed by atoms with Crippen molar-refractivity contribution in [1.29, 1.82) is 0 Å². The minimum Gasteiger partial charge on any atom is -0.394 e. The molecule has 4 heterocycles.